The maximum atomic E-state index is 14.0. The topological polar surface area (TPSA) is 49.9 Å². The van der Waals surface area contributed by atoms with E-state index in [1.165, 1.54) is 0 Å². The maximum absolute atomic E-state index is 14.0. The van der Waals surface area contributed by atoms with Crippen molar-refractivity contribution in [2.75, 3.05) is 24.3 Å². The molecule has 0 N–H and O–H groups in total. The molecule has 0 aromatic heterocycles. The van der Waals surface area contributed by atoms with Gasteiger partial charge in [0, 0.05) is 28.8 Å². The average Bonchev–Trinajstić information content (AvgIpc) is 3.51. The molecule has 2 aromatic rings. The highest BCUT2D eigenvalue weighted by molar-refractivity contribution is 8.01. The second-order valence-electron chi connectivity index (χ2n) is 8.37. The summed E-state index contributed by atoms with van der Waals surface area (Å²) in [6.45, 7) is 1.00. The Hall–Kier alpha value is -2.18. The highest BCUT2D eigenvalue weighted by Gasteiger charge is 2.60. The van der Waals surface area contributed by atoms with E-state index in [-0.39, 0.29) is 17.7 Å². The van der Waals surface area contributed by atoms with Crippen LogP contribution in [-0.4, -0.2) is 36.1 Å². The first-order chi connectivity index (χ1) is 15.0. The molecule has 2 heterocycles. The van der Waals surface area contributed by atoms with Gasteiger partial charge in [0.15, 0.2) is 4.87 Å². The third kappa shape index (κ3) is 3.31. The molecule has 31 heavy (non-hydrogen) atoms. The van der Waals surface area contributed by atoms with Gasteiger partial charge in [-0.3, -0.25) is 9.59 Å². The van der Waals surface area contributed by atoms with Crippen molar-refractivity contribution in [2.45, 2.75) is 37.1 Å². The summed E-state index contributed by atoms with van der Waals surface area (Å²) in [7, 11) is 1.63. The summed E-state index contributed by atoms with van der Waals surface area (Å²) in [6.07, 6.45) is 4.01. The molecule has 7 heteroatoms. The van der Waals surface area contributed by atoms with Crippen molar-refractivity contribution < 1.29 is 14.3 Å². The van der Waals surface area contributed by atoms with Gasteiger partial charge in [0.2, 0.25) is 5.91 Å². The average molecular weight is 457 g/mol. The molecule has 5 nitrogen and oxygen atoms in total. The summed E-state index contributed by atoms with van der Waals surface area (Å²) >= 11 is 7.94. The molecule has 0 radical (unpaired) electrons. The quantitative estimate of drug-likeness (QED) is 0.662. The van der Waals surface area contributed by atoms with Gasteiger partial charge in [-0.2, -0.15) is 0 Å². The van der Waals surface area contributed by atoms with Gasteiger partial charge in [-0.15, -0.1) is 11.8 Å². The Morgan fingerprint density at radius 3 is 2.81 bits per heavy atom. The Labute approximate surface area is 191 Å². The zero-order valence-corrected chi connectivity index (χ0v) is 19.0. The number of thioether (sulfide) groups is 1. The number of carbonyl (C=O) groups excluding carboxylic acids is 2. The van der Waals surface area contributed by atoms with Gasteiger partial charge in [-0.1, -0.05) is 36.6 Å². The number of hydrogen-bond acceptors (Lipinski definition) is 4. The number of ether oxygens (including phenoxy) is 1. The van der Waals surface area contributed by atoms with Crippen LogP contribution >= 0.6 is 23.4 Å². The smallest absolute Gasteiger partial charge is 0.268 e. The van der Waals surface area contributed by atoms with Crippen molar-refractivity contribution in [3.63, 3.8) is 0 Å². The van der Waals surface area contributed by atoms with E-state index in [0.29, 0.717) is 18.1 Å². The lowest BCUT2D eigenvalue weighted by Crippen LogP contribution is -2.51. The summed E-state index contributed by atoms with van der Waals surface area (Å²) in [5, 5.41) is 0.579. The van der Waals surface area contributed by atoms with Crippen molar-refractivity contribution in [3.8, 4) is 5.75 Å². The Bertz CT molecular complexity index is 1040. The van der Waals surface area contributed by atoms with Crippen LogP contribution in [0.25, 0.3) is 0 Å². The molecule has 162 valence electrons. The normalized spacial score (nSPS) is 23.1. The molecule has 2 amide bonds. The lowest BCUT2D eigenvalue weighted by atomic mass is 10.0. The predicted octanol–water partition coefficient (Wildman–Crippen LogP) is 4.81. The molecule has 3 aliphatic rings. The van der Waals surface area contributed by atoms with Crippen LogP contribution in [0, 0.1) is 5.92 Å². The van der Waals surface area contributed by atoms with Crippen LogP contribution in [0.3, 0.4) is 0 Å². The van der Waals surface area contributed by atoms with Gasteiger partial charge in [0.25, 0.3) is 5.91 Å². The van der Waals surface area contributed by atoms with E-state index in [0.717, 1.165) is 54.0 Å². The maximum Gasteiger partial charge on any atom is 0.268 e. The fourth-order valence-corrected chi connectivity index (χ4v) is 6.74. The van der Waals surface area contributed by atoms with E-state index in [1.807, 2.05) is 47.4 Å². The Kier molecular flexibility index (Phi) is 5.39. The molecule has 1 aliphatic carbocycles. The van der Waals surface area contributed by atoms with Crippen molar-refractivity contribution in [1.29, 1.82) is 0 Å². The number of rotatable bonds is 4. The first-order valence-corrected chi connectivity index (χ1v) is 12.1. The van der Waals surface area contributed by atoms with Crippen LogP contribution in [0.5, 0.6) is 5.75 Å². The molecule has 2 aliphatic heterocycles. The summed E-state index contributed by atoms with van der Waals surface area (Å²) in [4.78, 5) is 30.1. The standard InChI is InChI=1S/C24H25ClN2O3S/c1-30-19-8-4-5-16(13-19)15-26-21-10-9-18(25)14-20(21)24(23(26)29)27(11-12-31-24)22(28)17-6-2-3-7-17/h4-5,8-10,13-14,17H,2-3,6-7,11-12,15H2,1H3/t24-/m1/s1. The number of benzene rings is 2. The molecule has 2 fully saturated rings. The van der Waals surface area contributed by atoms with Crippen molar-refractivity contribution >= 4 is 40.9 Å². The lowest BCUT2D eigenvalue weighted by molar-refractivity contribution is -0.143. The highest BCUT2D eigenvalue weighted by atomic mass is 35.5. The van der Waals surface area contributed by atoms with Gasteiger partial charge in [-0.25, -0.2) is 0 Å². The van der Waals surface area contributed by atoms with Gasteiger partial charge in [-0.05, 0) is 48.7 Å². The van der Waals surface area contributed by atoms with Crippen LogP contribution in [0.15, 0.2) is 42.5 Å². The van der Waals surface area contributed by atoms with Gasteiger partial charge in [0.05, 0.1) is 19.3 Å². The third-order valence-corrected chi connectivity index (χ3v) is 8.26. The molecule has 1 saturated heterocycles. The van der Waals surface area contributed by atoms with Crippen LogP contribution in [0.2, 0.25) is 5.02 Å². The first kappa shape index (κ1) is 20.7. The van der Waals surface area contributed by atoms with Crippen LogP contribution in [0.4, 0.5) is 5.69 Å². The molecule has 5 rings (SSSR count). The zero-order chi connectivity index (χ0) is 21.6. The summed E-state index contributed by atoms with van der Waals surface area (Å²) in [5.74, 6) is 1.58. The minimum atomic E-state index is -1.02. The second kappa shape index (κ2) is 8.06. The van der Waals surface area contributed by atoms with Crippen molar-refractivity contribution in [1.82, 2.24) is 4.90 Å². The Morgan fingerprint density at radius 1 is 1.23 bits per heavy atom. The third-order valence-electron chi connectivity index (χ3n) is 6.60. The molecule has 0 unspecified atom stereocenters. The predicted molar refractivity (Wildman–Crippen MR) is 123 cm³/mol. The summed E-state index contributed by atoms with van der Waals surface area (Å²) < 4.78 is 5.35. The van der Waals surface area contributed by atoms with E-state index in [1.54, 1.807) is 23.8 Å². The fraction of sp³-hybridized carbons (Fsp3) is 0.417. The molecular weight excluding hydrogens is 432 g/mol. The van der Waals surface area contributed by atoms with E-state index < -0.39 is 4.87 Å². The van der Waals surface area contributed by atoms with Gasteiger partial charge in [0.1, 0.15) is 5.75 Å². The number of anilines is 1. The van der Waals surface area contributed by atoms with Gasteiger partial charge >= 0.3 is 0 Å². The molecule has 1 spiro atoms. The summed E-state index contributed by atoms with van der Waals surface area (Å²) in [6, 6.07) is 13.3. The number of amides is 2. The lowest BCUT2D eigenvalue weighted by Gasteiger charge is -2.35. The molecule has 1 saturated carbocycles. The largest absolute Gasteiger partial charge is 0.497 e. The van der Waals surface area contributed by atoms with E-state index in [2.05, 4.69) is 0 Å². The molecular formula is C24H25ClN2O3S. The first-order valence-electron chi connectivity index (χ1n) is 10.7. The number of methoxy groups -OCH3 is 1. The van der Waals surface area contributed by atoms with E-state index in [4.69, 9.17) is 16.3 Å². The highest BCUT2D eigenvalue weighted by Crippen LogP contribution is 2.55. The number of fused-ring (bicyclic) bond motifs is 2. The number of hydrogen-bond donors (Lipinski definition) is 0. The van der Waals surface area contributed by atoms with E-state index in [9.17, 15) is 9.59 Å². The van der Waals surface area contributed by atoms with Crippen LogP contribution in [0.1, 0.15) is 36.8 Å². The number of nitrogens with zero attached hydrogens (tertiary/aromatic N) is 2. The van der Waals surface area contributed by atoms with Crippen molar-refractivity contribution in [2.24, 2.45) is 5.92 Å². The second-order valence-corrected chi connectivity index (χ2v) is 10.1. The zero-order valence-electron chi connectivity index (χ0n) is 17.5. The van der Waals surface area contributed by atoms with Crippen LogP contribution < -0.4 is 9.64 Å². The van der Waals surface area contributed by atoms with Gasteiger partial charge < -0.3 is 14.5 Å². The Balaban J connectivity index is 1.56. The summed E-state index contributed by atoms with van der Waals surface area (Å²) in [5.41, 5.74) is 2.64. The Morgan fingerprint density at radius 2 is 2.03 bits per heavy atom. The number of carbonyl (C=O) groups is 2. The SMILES string of the molecule is COc1cccc(CN2C(=O)[C@]3(SCCN3C(=O)C3CCCC3)c3cc(Cl)ccc32)c1. The minimum Gasteiger partial charge on any atom is -0.497 e. The van der Waals surface area contributed by atoms with Crippen LogP contribution in [-0.2, 0) is 21.0 Å². The molecule has 0 bridgehead atoms. The fourth-order valence-electron chi connectivity index (χ4n) is 5.11. The minimum absolute atomic E-state index is 0.0263. The number of halogens is 1. The van der Waals surface area contributed by atoms with Crippen molar-refractivity contribution in [3.05, 3.63) is 58.6 Å². The van der Waals surface area contributed by atoms with E-state index >= 15 is 0 Å². The molecule has 2 aromatic carbocycles. The monoisotopic (exact) mass is 456 g/mol. The molecule has 1 atom stereocenters.